The normalized spacial score (nSPS) is 24.2. The quantitative estimate of drug-likeness (QED) is 0.640. The first kappa shape index (κ1) is 2.26. The predicted octanol–water partition coefficient (Wildman–Crippen LogP) is 2.52. The standard InChI is InChI=1S/C9H12O/c1-7(2)8-5-3-4-6-9(8)10/h3-7,10H,1-2H3/i1D3,2D3,7D. The molecule has 1 aromatic rings. The first-order valence-corrected chi connectivity index (χ1v) is 2.80. The Morgan fingerprint density at radius 1 is 1.50 bits per heavy atom. The van der Waals surface area contributed by atoms with Crippen LogP contribution in [0.15, 0.2) is 24.3 Å². The van der Waals surface area contributed by atoms with Crippen molar-refractivity contribution in [2.24, 2.45) is 0 Å². The lowest BCUT2D eigenvalue weighted by molar-refractivity contribution is 0.465. The van der Waals surface area contributed by atoms with Gasteiger partial charge < -0.3 is 5.11 Å². The van der Waals surface area contributed by atoms with Crippen LogP contribution in [0.3, 0.4) is 0 Å². The number of phenols is 1. The van der Waals surface area contributed by atoms with Gasteiger partial charge >= 0.3 is 0 Å². The number of benzene rings is 1. The number of hydrogen-bond donors (Lipinski definition) is 1. The van der Waals surface area contributed by atoms with Crippen LogP contribution in [0.5, 0.6) is 5.75 Å². The maximum atomic E-state index is 9.55. The van der Waals surface area contributed by atoms with Gasteiger partial charge in [-0.15, -0.1) is 0 Å². The summed E-state index contributed by atoms with van der Waals surface area (Å²) in [6.07, 6.45) is 0. The summed E-state index contributed by atoms with van der Waals surface area (Å²) in [5.41, 5.74) is -0.417. The Morgan fingerprint density at radius 2 is 2.20 bits per heavy atom. The third kappa shape index (κ3) is 1.29. The van der Waals surface area contributed by atoms with Gasteiger partial charge in [0.25, 0.3) is 0 Å². The van der Waals surface area contributed by atoms with Crippen LogP contribution in [-0.4, -0.2) is 5.11 Å². The number of rotatable bonds is 1. The van der Waals surface area contributed by atoms with Gasteiger partial charge in [-0.3, -0.25) is 0 Å². The monoisotopic (exact) mass is 143 g/mol. The van der Waals surface area contributed by atoms with Crippen LogP contribution in [0.2, 0.25) is 0 Å². The van der Waals surface area contributed by atoms with Crippen molar-refractivity contribution in [3.05, 3.63) is 29.8 Å². The second kappa shape index (κ2) is 2.74. The van der Waals surface area contributed by atoms with Crippen LogP contribution >= 0.6 is 0 Å². The fourth-order valence-corrected chi connectivity index (χ4v) is 0.685. The lowest BCUT2D eigenvalue weighted by Crippen LogP contribution is -1.85. The Balaban J connectivity index is 3.53. The highest BCUT2D eigenvalue weighted by molar-refractivity contribution is 5.33. The molecule has 54 valence electrons. The molecule has 1 aromatic carbocycles. The van der Waals surface area contributed by atoms with Gasteiger partial charge in [-0.1, -0.05) is 31.9 Å². The van der Waals surface area contributed by atoms with Gasteiger partial charge in [0, 0.05) is 9.60 Å². The first-order valence-electron chi connectivity index (χ1n) is 6.30. The average Bonchev–Trinajstić information content (AvgIpc) is 2.13. The Morgan fingerprint density at radius 3 is 2.80 bits per heavy atom. The summed E-state index contributed by atoms with van der Waals surface area (Å²) in [6.45, 7) is -6.14. The van der Waals surface area contributed by atoms with E-state index in [1.165, 1.54) is 12.1 Å². The molecule has 0 bridgehead atoms. The molecule has 0 aromatic heterocycles. The third-order valence-electron chi connectivity index (χ3n) is 1.17. The minimum Gasteiger partial charge on any atom is -0.508 e. The number of para-hydroxylation sites is 1. The highest BCUT2D eigenvalue weighted by atomic mass is 16.3. The Hall–Kier alpha value is -0.980. The van der Waals surface area contributed by atoms with Crippen molar-refractivity contribution in [3.63, 3.8) is 0 Å². The van der Waals surface area contributed by atoms with Crippen LogP contribution in [0, 0.1) is 0 Å². The van der Waals surface area contributed by atoms with E-state index in [9.17, 15) is 5.11 Å². The molecule has 10 heavy (non-hydrogen) atoms. The molecule has 0 spiro atoms. The number of hydrogen-bond acceptors (Lipinski definition) is 1. The summed E-state index contributed by atoms with van der Waals surface area (Å²) in [5.74, 6) is -3.35. The van der Waals surface area contributed by atoms with Gasteiger partial charge in [-0.05, 0) is 17.5 Å². The van der Waals surface area contributed by atoms with Gasteiger partial charge in [-0.2, -0.15) is 0 Å². The minimum absolute atomic E-state index is 0.417. The molecule has 0 atom stereocenters. The molecule has 0 heterocycles. The van der Waals surface area contributed by atoms with Gasteiger partial charge in [0.15, 0.2) is 0 Å². The first-order chi connectivity index (χ1) is 7.52. The lowest BCUT2D eigenvalue weighted by atomic mass is 10.0. The Bertz CT molecular complexity index is 393. The van der Waals surface area contributed by atoms with Gasteiger partial charge in [0.2, 0.25) is 0 Å². The summed E-state index contributed by atoms with van der Waals surface area (Å²) < 4.78 is 51.3. The topological polar surface area (TPSA) is 20.2 Å². The van der Waals surface area contributed by atoms with Crippen molar-refractivity contribution >= 4 is 0 Å². The third-order valence-corrected chi connectivity index (χ3v) is 1.17. The predicted molar refractivity (Wildman–Crippen MR) is 42.2 cm³/mol. The second-order valence-corrected chi connectivity index (χ2v) is 1.89. The molecule has 1 heteroatoms. The highest BCUT2D eigenvalue weighted by Gasteiger charge is 2.01. The molecule has 0 saturated heterocycles. The maximum Gasteiger partial charge on any atom is 0.119 e. The van der Waals surface area contributed by atoms with Crippen LogP contribution < -0.4 is 0 Å². The molecule has 0 saturated carbocycles. The van der Waals surface area contributed by atoms with E-state index in [0.717, 1.165) is 12.1 Å². The van der Waals surface area contributed by atoms with E-state index in [1.54, 1.807) is 0 Å². The van der Waals surface area contributed by atoms with Crippen LogP contribution in [-0.2, 0) is 0 Å². The van der Waals surface area contributed by atoms with Crippen LogP contribution in [0.1, 0.15) is 34.8 Å². The second-order valence-electron chi connectivity index (χ2n) is 1.89. The highest BCUT2D eigenvalue weighted by Crippen LogP contribution is 2.23. The molecular weight excluding hydrogens is 124 g/mol. The van der Waals surface area contributed by atoms with E-state index in [4.69, 9.17) is 9.60 Å². The van der Waals surface area contributed by atoms with Gasteiger partial charge in [0.05, 0.1) is 0 Å². The SMILES string of the molecule is [2H]C([2H])([2H])C([2H])(c1ccccc1O)C([2H])([2H])[2H]. The molecule has 0 aliphatic rings. The number of aromatic hydroxyl groups is 1. The summed E-state index contributed by atoms with van der Waals surface area (Å²) >= 11 is 0. The molecule has 0 aliphatic heterocycles. The van der Waals surface area contributed by atoms with E-state index in [-0.39, 0.29) is 0 Å². The van der Waals surface area contributed by atoms with E-state index < -0.39 is 30.9 Å². The summed E-state index contributed by atoms with van der Waals surface area (Å²) in [4.78, 5) is 0. The van der Waals surface area contributed by atoms with Crippen LogP contribution in [0.25, 0.3) is 0 Å². The van der Waals surface area contributed by atoms with Crippen molar-refractivity contribution in [3.8, 4) is 5.75 Å². The van der Waals surface area contributed by atoms with Crippen molar-refractivity contribution in [2.75, 3.05) is 0 Å². The smallest absolute Gasteiger partial charge is 0.119 e. The van der Waals surface area contributed by atoms with E-state index in [2.05, 4.69) is 0 Å². The van der Waals surface area contributed by atoms with E-state index in [1.807, 2.05) is 0 Å². The van der Waals surface area contributed by atoms with Crippen LogP contribution in [0.4, 0.5) is 0 Å². The van der Waals surface area contributed by atoms with Crippen molar-refractivity contribution < 1.29 is 14.7 Å². The molecule has 0 radical (unpaired) electrons. The Labute approximate surface area is 71.2 Å². The van der Waals surface area contributed by atoms with E-state index in [0.29, 0.717) is 0 Å². The zero-order valence-electron chi connectivity index (χ0n) is 12.3. The fraction of sp³-hybridized carbons (Fsp3) is 0.333. The Kier molecular flexibility index (Phi) is 0.618. The molecule has 1 N–H and O–H groups in total. The lowest BCUT2D eigenvalue weighted by Gasteiger charge is -2.05. The fourth-order valence-electron chi connectivity index (χ4n) is 0.685. The maximum absolute atomic E-state index is 9.55. The molecule has 1 rings (SSSR count). The molecule has 0 fully saturated rings. The molecule has 0 unspecified atom stereocenters. The molecule has 0 amide bonds. The van der Waals surface area contributed by atoms with Crippen molar-refractivity contribution in [1.29, 1.82) is 0 Å². The van der Waals surface area contributed by atoms with Crippen molar-refractivity contribution in [1.82, 2.24) is 0 Å². The molecule has 1 nitrogen and oxygen atoms in total. The molecular formula is C9H12O. The largest absolute Gasteiger partial charge is 0.508 e. The zero-order valence-corrected chi connectivity index (χ0v) is 5.26. The average molecular weight is 143 g/mol. The number of phenolic OH excluding ortho intramolecular Hbond substituents is 1. The zero-order chi connectivity index (χ0) is 13.5. The molecule has 0 aliphatic carbocycles. The van der Waals surface area contributed by atoms with E-state index >= 15 is 0 Å². The summed E-state index contributed by atoms with van der Waals surface area (Å²) in [7, 11) is 0. The summed E-state index contributed by atoms with van der Waals surface area (Å²) in [6, 6.07) is 5.12. The van der Waals surface area contributed by atoms with Crippen molar-refractivity contribution in [2.45, 2.75) is 19.6 Å². The summed E-state index contributed by atoms with van der Waals surface area (Å²) in [5, 5.41) is 9.55. The van der Waals surface area contributed by atoms with Gasteiger partial charge in [0.1, 0.15) is 5.75 Å². The van der Waals surface area contributed by atoms with Gasteiger partial charge in [-0.25, -0.2) is 0 Å². The minimum atomic E-state index is -3.07.